The van der Waals surface area contributed by atoms with Gasteiger partial charge < -0.3 is 15.3 Å². The average molecular weight is 323 g/mol. The maximum absolute atomic E-state index is 10.6. The monoisotopic (exact) mass is 322 g/mol. The summed E-state index contributed by atoms with van der Waals surface area (Å²) in [5, 5.41) is 14.8. The fourth-order valence-electron chi connectivity index (χ4n) is 3.90. The molecule has 2 aliphatic heterocycles. The highest BCUT2D eigenvalue weighted by atomic mass is 35.5. The molecular formula is C18H27ClN2O. The maximum Gasteiger partial charge on any atom is 0.0819 e. The lowest BCUT2D eigenvalue weighted by atomic mass is 9.85. The number of halogens is 1. The lowest BCUT2D eigenvalue weighted by molar-refractivity contribution is 0.0474. The summed E-state index contributed by atoms with van der Waals surface area (Å²) in [7, 11) is 0. The van der Waals surface area contributed by atoms with E-state index >= 15 is 0 Å². The van der Waals surface area contributed by atoms with E-state index < -0.39 is 0 Å². The van der Waals surface area contributed by atoms with Gasteiger partial charge in [-0.3, -0.25) is 0 Å². The van der Waals surface area contributed by atoms with Crippen LogP contribution in [0.15, 0.2) is 24.3 Å². The Balaban J connectivity index is 1.51. The molecule has 0 saturated carbocycles. The molecule has 3 rings (SSSR count). The summed E-state index contributed by atoms with van der Waals surface area (Å²) in [4.78, 5) is 2.58. The van der Waals surface area contributed by atoms with Crippen molar-refractivity contribution in [3.8, 4) is 0 Å². The zero-order chi connectivity index (χ0) is 15.6. The molecule has 0 amide bonds. The topological polar surface area (TPSA) is 35.5 Å². The molecule has 2 aliphatic rings. The molecule has 0 spiro atoms. The summed E-state index contributed by atoms with van der Waals surface area (Å²) in [5.74, 6) is 0.368. The van der Waals surface area contributed by atoms with Gasteiger partial charge in [0.15, 0.2) is 0 Å². The molecule has 2 fully saturated rings. The summed E-state index contributed by atoms with van der Waals surface area (Å²) in [6, 6.07) is 7.63. The van der Waals surface area contributed by atoms with E-state index in [0.717, 1.165) is 49.6 Å². The summed E-state index contributed by atoms with van der Waals surface area (Å²) in [6.45, 7) is 8.07. The Morgan fingerprint density at radius 1 is 1.32 bits per heavy atom. The number of hydrogen-bond acceptors (Lipinski definition) is 3. The van der Waals surface area contributed by atoms with E-state index in [-0.39, 0.29) is 6.10 Å². The molecule has 2 N–H and O–H groups in total. The lowest BCUT2D eigenvalue weighted by Gasteiger charge is -2.38. The van der Waals surface area contributed by atoms with Crippen molar-refractivity contribution in [2.45, 2.75) is 32.3 Å². The average Bonchev–Trinajstić information content (AvgIpc) is 2.94. The van der Waals surface area contributed by atoms with E-state index in [1.165, 1.54) is 13.0 Å². The van der Waals surface area contributed by atoms with Gasteiger partial charge in [-0.15, -0.1) is 0 Å². The largest absolute Gasteiger partial charge is 0.388 e. The van der Waals surface area contributed by atoms with E-state index in [0.29, 0.717) is 11.3 Å². The molecule has 2 unspecified atom stereocenters. The minimum atomic E-state index is -0.358. The SMILES string of the molecule is CC1(CN2CCC(C(O)c3ccc(Cl)cc3)CC2)CCNC1. The van der Waals surface area contributed by atoms with Gasteiger partial charge in [0.25, 0.3) is 0 Å². The van der Waals surface area contributed by atoms with Gasteiger partial charge in [0.05, 0.1) is 6.10 Å². The second-order valence-electron chi connectivity index (χ2n) is 7.35. The molecule has 1 aromatic rings. The van der Waals surface area contributed by atoms with Crippen LogP contribution in [0.1, 0.15) is 37.9 Å². The van der Waals surface area contributed by atoms with E-state index in [2.05, 4.69) is 17.1 Å². The van der Waals surface area contributed by atoms with Crippen LogP contribution in [0.2, 0.25) is 5.02 Å². The first kappa shape index (κ1) is 16.3. The van der Waals surface area contributed by atoms with Gasteiger partial charge in [0.1, 0.15) is 0 Å². The minimum Gasteiger partial charge on any atom is -0.388 e. The number of hydrogen-bond donors (Lipinski definition) is 2. The molecule has 0 aromatic heterocycles. The zero-order valence-corrected chi connectivity index (χ0v) is 14.1. The highest BCUT2D eigenvalue weighted by Crippen LogP contribution is 2.33. The Morgan fingerprint density at radius 3 is 2.59 bits per heavy atom. The van der Waals surface area contributed by atoms with Crippen LogP contribution < -0.4 is 5.32 Å². The van der Waals surface area contributed by atoms with Crippen LogP contribution in [0, 0.1) is 11.3 Å². The number of nitrogens with one attached hydrogen (secondary N) is 1. The molecule has 1 aromatic carbocycles. The Morgan fingerprint density at radius 2 is 2.00 bits per heavy atom. The van der Waals surface area contributed by atoms with Crippen LogP contribution in [0.5, 0.6) is 0 Å². The molecule has 2 saturated heterocycles. The fraction of sp³-hybridized carbons (Fsp3) is 0.667. The molecular weight excluding hydrogens is 296 g/mol. The van der Waals surface area contributed by atoms with Crippen molar-refractivity contribution < 1.29 is 5.11 Å². The van der Waals surface area contributed by atoms with Crippen molar-refractivity contribution >= 4 is 11.6 Å². The van der Waals surface area contributed by atoms with Gasteiger partial charge in [-0.1, -0.05) is 30.7 Å². The number of nitrogens with zero attached hydrogens (tertiary/aromatic N) is 1. The number of aliphatic hydroxyl groups excluding tert-OH is 1. The molecule has 0 bridgehead atoms. The van der Waals surface area contributed by atoms with Crippen LogP contribution >= 0.6 is 11.6 Å². The third-order valence-electron chi connectivity index (χ3n) is 5.35. The van der Waals surface area contributed by atoms with Crippen molar-refractivity contribution in [2.75, 3.05) is 32.7 Å². The summed E-state index contributed by atoms with van der Waals surface area (Å²) in [5.41, 5.74) is 1.43. The van der Waals surface area contributed by atoms with E-state index in [1.54, 1.807) is 0 Å². The van der Waals surface area contributed by atoms with Gasteiger partial charge in [0, 0.05) is 18.1 Å². The number of piperidine rings is 1. The first-order chi connectivity index (χ1) is 10.6. The van der Waals surface area contributed by atoms with Crippen LogP contribution in [-0.2, 0) is 0 Å². The van der Waals surface area contributed by atoms with Crippen LogP contribution in [-0.4, -0.2) is 42.7 Å². The highest BCUT2D eigenvalue weighted by molar-refractivity contribution is 6.30. The third kappa shape index (κ3) is 3.83. The van der Waals surface area contributed by atoms with Gasteiger partial charge in [-0.05, 0) is 67.9 Å². The molecule has 22 heavy (non-hydrogen) atoms. The number of likely N-dealkylation sites (tertiary alicyclic amines) is 1. The summed E-state index contributed by atoms with van der Waals surface area (Å²) >= 11 is 5.92. The second kappa shape index (κ2) is 6.88. The Labute approximate surface area is 138 Å². The van der Waals surface area contributed by atoms with Crippen LogP contribution in [0.25, 0.3) is 0 Å². The second-order valence-corrected chi connectivity index (χ2v) is 7.78. The smallest absolute Gasteiger partial charge is 0.0819 e. The first-order valence-electron chi connectivity index (χ1n) is 8.42. The van der Waals surface area contributed by atoms with E-state index in [4.69, 9.17) is 11.6 Å². The summed E-state index contributed by atoms with van der Waals surface area (Å²) < 4.78 is 0. The highest BCUT2D eigenvalue weighted by Gasteiger charge is 2.33. The molecule has 0 aliphatic carbocycles. The molecule has 3 nitrogen and oxygen atoms in total. The Kier molecular flexibility index (Phi) is 5.08. The van der Waals surface area contributed by atoms with Gasteiger partial charge in [-0.2, -0.15) is 0 Å². The number of aliphatic hydroxyl groups is 1. The molecule has 2 atom stereocenters. The minimum absolute atomic E-state index is 0.358. The Bertz CT molecular complexity index is 476. The normalized spacial score (nSPS) is 28.9. The van der Waals surface area contributed by atoms with E-state index in [9.17, 15) is 5.11 Å². The van der Waals surface area contributed by atoms with Crippen molar-refractivity contribution in [3.05, 3.63) is 34.9 Å². The number of rotatable bonds is 4. The summed E-state index contributed by atoms with van der Waals surface area (Å²) in [6.07, 6.45) is 3.07. The first-order valence-corrected chi connectivity index (χ1v) is 8.80. The van der Waals surface area contributed by atoms with Gasteiger partial charge in [0.2, 0.25) is 0 Å². The maximum atomic E-state index is 10.6. The standard InChI is InChI=1S/C18H27ClN2O/c1-18(8-9-20-12-18)13-21-10-6-15(7-11-21)17(22)14-2-4-16(19)5-3-14/h2-5,15,17,20,22H,6-13H2,1H3. The Hall–Kier alpha value is -0.610. The lowest BCUT2D eigenvalue weighted by Crippen LogP contribution is -2.42. The predicted molar refractivity (Wildman–Crippen MR) is 91.2 cm³/mol. The predicted octanol–water partition coefficient (Wildman–Crippen LogP) is 3.09. The van der Waals surface area contributed by atoms with E-state index in [1.807, 2.05) is 24.3 Å². The third-order valence-corrected chi connectivity index (χ3v) is 5.60. The van der Waals surface area contributed by atoms with Gasteiger partial charge in [-0.25, -0.2) is 0 Å². The zero-order valence-electron chi connectivity index (χ0n) is 13.4. The van der Waals surface area contributed by atoms with Crippen LogP contribution in [0.4, 0.5) is 0 Å². The van der Waals surface area contributed by atoms with Crippen LogP contribution in [0.3, 0.4) is 0 Å². The quantitative estimate of drug-likeness (QED) is 0.894. The van der Waals surface area contributed by atoms with Crippen molar-refractivity contribution in [1.82, 2.24) is 10.2 Å². The van der Waals surface area contributed by atoms with Crippen molar-refractivity contribution in [2.24, 2.45) is 11.3 Å². The fourth-order valence-corrected chi connectivity index (χ4v) is 4.03. The molecule has 2 heterocycles. The van der Waals surface area contributed by atoms with Crippen molar-refractivity contribution in [1.29, 1.82) is 0 Å². The molecule has 122 valence electrons. The van der Waals surface area contributed by atoms with Gasteiger partial charge >= 0.3 is 0 Å². The molecule has 0 radical (unpaired) electrons. The number of benzene rings is 1. The van der Waals surface area contributed by atoms with Crippen molar-refractivity contribution in [3.63, 3.8) is 0 Å². The molecule has 4 heteroatoms.